The fourth-order valence-electron chi connectivity index (χ4n) is 4.77. The highest BCUT2D eigenvalue weighted by atomic mass is 16.5. The third-order valence-corrected chi connectivity index (χ3v) is 6.43. The molecule has 1 aliphatic heterocycles. The van der Waals surface area contributed by atoms with Crippen molar-refractivity contribution in [1.29, 1.82) is 0 Å². The Bertz CT molecular complexity index is 1420. The van der Waals surface area contributed by atoms with E-state index in [1.165, 1.54) is 24.1 Å². The van der Waals surface area contributed by atoms with Crippen LogP contribution in [-0.4, -0.2) is 44.3 Å². The van der Waals surface area contributed by atoms with Crippen molar-refractivity contribution in [3.8, 4) is 5.75 Å². The molecular formula is C25H26N4O5. The monoisotopic (exact) mass is 462 g/mol. The molecule has 9 nitrogen and oxygen atoms in total. The number of methoxy groups -OCH3 is 1. The Morgan fingerprint density at radius 3 is 2.91 bits per heavy atom. The molecule has 34 heavy (non-hydrogen) atoms. The van der Waals surface area contributed by atoms with Crippen LogP contribution in [0.15, 0.2) is 51.8 Å². The van der Waals surface area contributed by atoms with E-state index in [2.05, 4.69) is 16.1 Å². The Morgan fingerprint density at radius 1 is 1.32 bits per heavy atom. The van der Waals surface area contributed by atoms with E-state index in [9.17, 15) is 14.7 Å². The summed E-state index contributed by atoms with van der Waals surface area (Å²) in [4.78, 5) is 31.1. The molecule has 1 aromatic carbocycles. The van der Waals surface area contributed by atoms with Gasteiger partial charge >= 0.3 is 0 Å². The maximum absolute atomic E-state index is 13.5. The summed E-state index contributed by atoms with van der Waals surface area (Å²) in [7, 11) is 3.24. The minimum absolute atomic E-state index is 0.0159. The zero-order valence-electron chi connectivity index (χ0n) is 19.1. The Morgan fingerprint density at radius 2 is 2.15 bits per heavy atom. The van der Waals surface area contributed by atoms with Crippen molar-refractivity contribution >= 4 is 16.8 Å². The summed E-state index contributed by atoms with van der Waals surface area (Å²) < 4.78 is 12.6. The van der Waals surface area contributed by atoms with Gasteiger partial charge in [-0.15, -0.1) is 0 Å². The van der Waals surface area contributed by atoms with Gasteiger partial charge in [0.05, 0.1) is 12.5 Å². The number of H-pyrrole nitrogens is 1. The number of hydrogen-bond donors (Lipinski definition) is 2. The van der Waals surface area contributed by atoms with E-state index < -0.39 is 17.1 Å². The van der Waals surface area contributed by atoms with Crippen LogP contribution in [0.2, 0.25) is 0 Å². The first kappa shape index (κ1) is 22.0. The number of nitrogens with zero attached hydrogens (tertiary/aromatic N) is 3. The average Bonchev–Trinajstić information content (AvgIpc) is 3.42. The van der Waals surface area contributed by atoms with Crippen LogP contribution in [-0.2, 0) is 36.2 Å². The van der Waals surface area contributed by atoms with E-state index in [1.807, 2.05) is 18.2 Å². The van der Waals surface area contributed by atoms with Gasteiger partial charge < -0.3 is 24.1 Å². The average molecular weight is 463 g/mol. The number of aryl methyl sites for hydroxylation is 1. The van der Waals surface area contributed by atoms with Crippen LogP contribution in [0.3, 0.4) is 0 Å². The number of carbonyl (C=O) groups is 1. The first-order valence-corrected chi connectivity index (χ1v) is 11.1. The normalized spacial score (nSPS) is 14.4. The number of hydrogen-bond acceptors (Lipinski definition) is 6. The molecule has 4 aromatic rings. The second kappa shape index (κ2) is 8.83. The van der Waals surface area contributed by atoms with Crippen molar-refractivity contribution in [3.05, 3.63) is 81.3 Å². The molecule has 0 unspecified atom stereocenters. The first-order chi connectivity index (χ1) is 16.5. The Labute approximate surface area is 195 Å². The molecule has 0 fully saturated rings. The summed E-state index contributed by atoms with van der Waals surface area (Å²) in [6.45, 7) is 1.13. The fraction of sp³-hybridized carbons (Fsp3) is 0.320. The molecule has 0 saturated carbocycles. The molecule has 4 heterocycles. The molecule has 176 valence electrons. The molecule has 0 aliphatic carbocycles. The standard InChI is InChI=1S/C25H26N4O5/c1-28-21(7-9-26-28)18(25-24(32)22(30)11-15(34-25)14-33-2)12-23(31)29-10-8-17-16-5-3-4-6-19(16)27-20(17)13-29/h3-7,9,11,18,27,32H,8,10,12-14H2,1-2H3/t18-/m1/s1. The Kier molecular flexibility index (Phi) is 5.70. The summed E-state index contributed by atoms with van der Waals surface area (Å²) in [5, 5.41) is 16.0. The molecule has 9 heteroatoms. The van der Waals surface area contributed by atoms with Crippen molar-refractivity contribution in [2.75, 3.05) is 13.7 Å². The number of ether oxygens (including phenoxy) is 1. The summed E-state index contributed by atoms with van der Waals surface area (Å²) in [5.41, 5.74) is 3.43. The van der Waals surface area contributed by atoms with Gasteiger partial charge in [0.1, 0.15) is 12.4 Å². The van der Waals surface area contributed by atoms with E-state index in [4.69, 9.17) is 9.15 Å². The predicted molar refractivity (Wildman–Crippen MR) is 124 cm³/mol. The summed E-state index contributed by atoms with van der Waals surface area (Å²) in [6, 6.07) is 11.1. The van der Waals surface area contributed by atoms with E-state index in [1.54, 1.807) is 28.9 Å². The molecule has 0 radical (unpaired) electrons. The second-order valence-corrected chi connectivity index (χ2v) is 8.55. The largest absolute Gasteiger partial charge is 0.502 e. The van der Waals surface area contributed by atoms with Gasteiger partial charge in [-0.25, -0.2) is 0 Å². The lowest BCUT2D eigenvalue weighted by Crippen LogP contribution is -2.36. The summed E-state index contributed by atoms with van der Waals surface area (Å²) in [6.07, 6.45) is 2.38. The lowest BCUT2D eigenvalue weighted by molar-refractivity contribution is -0.132. The molecule has 0 bridgehead atoms. The quantitative estimate of drug-likeness (QED) is 0.456. The van der Waals surface area contributed by atoms with Crippen LogP contribution in [0.25, 0.3) is 10.9 Å². The highest BCUT2D eigenvalue weighted by molar-refractivity contribution is 5.86. The van der Waals surface area contributed by atoms with Gasteiger partial charge in [0.15, 0.2) is 5.76 Å². The molecule has 1 atom stereocenters. The van der Waals surface area contributed by atoms with E-state index >= 15 is 0 Å². The van der Waals surface area contributed by atoms with E-state index in [-0.39, 0.29) is 30.5 Å². The lowest BCUT2D eigenvalue weighted by atomic mass is 9.95. The van der Waals surface area contributed by atoms with Gasteiger partial charge in [0.2, 0.25) is 17.1 Å². The number of para-hydroxylation sites is 1. The van der Waals surface area contributed by atoms with Crippen LogP contribution in [0.1, 0.15) is 40.8 Å². The minimum atomic E-state index is -0.686. The number of fused-ring (bicyclic) bond motifs is 3. The molecule has 5 rings (SSSR count). The number of benzene rings is 1. The van der Waals surface area contributed by atoms with Crippen LogP contribution in [0, 0.1) is 0 Å². The van der Waals surface area contributed by atoms with Gasteiger partial charge in [-0.1, -0.05) is 18.2 Å². The van der Waals surface area contributed by atoms with Gasteiger partial charge in [-0.05, 0) is 24.1 Å². The molecule has 1 amide bonds. The number of aromatic hydroxyl groups is 1. The van der Waals surface area contributed by atoms with E-state index in [0.29, 0.717) is 18.8 Å². The van der Waals surface area contributed by atoms with Crippen molar-refractivity contribution < 1.29 is 19.1 Å². The second-order valence-electron chi connectivity index (χ2n) is 8.55. The third-order valence-electron chi connectivity index (χ3n) is 6.43. The van der Waals surface area contributed by atoms with Crippen molar-refractivity contribution in [3.63, 3.8) is 0 Å². The topological polar surface area (TPSA) is 114 Å². The highest BCUT2D eigenvalue weighted by Crippen LogP contribution is 2.34. The number of aromatic nitrogens is 3. The van der Waals surface area contributed by atoms with E-state index in [0.717, 1.165) is 17.6 Å². The molecular weight excluding hydrogens is 436 g/mol. The number of aromatic amines is 1. The molecule has 0 saturated heterocycles. The molecule has 3 aromatic heterocycles. The smallest absolute Gasteiger partial charge is 0.227 e. The minimum Gasteiger partial charge on any atom is -0.502 e. The van der Waals surface area contributed by atoms with Crippen LogP contribution in [0.5, 0.6) is 5.75 Å². The highest BCUT2D eigenvalue weighted by Gasteiger charge is 2.31. The van der Waals surface area contributed by atoms with Gasteiger partial charge in [0, 0.05) is 61.7 Å². The number of nitrogens with one attached hydrogen (secondary N) is 1. The lowest BCUT2D eigenvalue weighted by Gasteiger charge is -2.29. The van der Waals surface area contributed by atoms with Crippen LogP contribution >= 0.6 is 0 Å². The van der Waals surface area contributed by atoms with Crippen molar-refractivity contribution in [2.45, 2.75) is 31.9 Å². The van der Waals surface area contributed by atoms with Gasteiger partial charge in [-0.2, -0.15) is 5.10 Å². The van der Waals surface area contributed by atoms with Crippen LogP contribution in [0.4, 0.5) is 0 Å². The zero-order chi connectivity index (χ0) is 23.8. The molecule has 0 spiro atoms. The first-order valence-electron chi connectivity index (χ1n) is 11.1. The Hall–Kier alpha value is -3.85. The van der Waals surface area contributed by atoms with Crippen LogP contribution < -0.4 is 5.43 Å². The predicted octanol–water partition coefficient (Wildman–Crippen LogP) is 2.81. The maximum atomic E-state index is 13.5. The molecule has 1 aliphatic rings. The SMILES string of the molecule is COCc1cc(=O)c(O)c([C@H](CC(=O)N2CCc3c([nH]c4ccccc34)C2)c2ccnn2C)o1. The third kappa shape index (κ3) is 3.88. The summed E-state index contributed by atoms with van der Waals surface area (Å²) in [5.74, 6) is -0.973. The van der Waals surface area contributed by atoms with Crippen molar-refractivity contribution in [1.82, 2.24) is 19.7 Å². The van der Waals surface area contributed by atoms with Gasteiger partial charge in [0.25, 0.3) is 0 Å². The maximum Gasteiger partial charge on any atom is 0.227 e. The number of rotatable bonds is 6. The Balaban J connectivity index is 1.47. The van der Waals surface area contributed by atoms with Crippen molar-refractivity contribution in [2.24, 2.45) is 7.05 Å². The number of amides is 1. The zero-order valence-corrected chi connectivity index (χ0v) is 19.1. The fourth-order valence-corrected chi connectivity index (χ4v) is 4.77. The number of carbonyl (C=O) groups excluding carboxylic acids is 1. The van der Waals surface area contributed by atoms with Gasteiger partial charge in [-0.3, -0.25) is 14.3 Å². The summed E-state index contributed by atoms with van der Waals surface area (Å²) >= 11 is 0. The molecule has 2 N–H and O–H groups in total.